The number of rotatable bonds is 13. The minimum Gasteiger partial charge on any atom is -0.379 e. The summed E-state index contributed by atoms with van der Waals surface area (Å²) < 4.78 is 11.3. The summed E-state index contributed by atoms with van der Waals surface area (Å²) >= 11 is 3.67. The van der Waals surface area contributed by atoms with Gasteiger partial charge in [0.05, 0.1) is 19.8 Å². The first-order valence-electron chi connectivity index (χ1n) is 7.46. The van der Waals surface area contributed by atoms with Crippen molar-refractivity contribution < 1.29 is 9.47 Å². The third-order valence-electron chi connectivity index (χ3n) is 3.27. The average Bonchev–Trinajstić information content (AvgIpc) is 2.38. The van der Waals surface area contributed by atoms with Crippen molar-refractivity contribution >= 4 is 15.9 Å². The van der Waals surface area contributed by atoms with Crippen LogP contribution in [-0.2, 0) is 9.47 Å². The van der Waals surface area contributed by atoms with Crippen LogP contribution in [0.3, 0.4) is 0 Å². The quantitative estimate of drug-likeness (QED) is 0.358. The maximum absolute atomic E-state index is 5.82. The summed E-state index contributed by atoms with van der Waals surface area (Å²) in [6.07, 6.45) is 7.27. The molecule has 0 unspecified atom stereocenters. The first kappa shape index (κ1) is 18.4. The van der Waals surface area contributed by atoms with Crippen molar-refractivity contribution in [3.63, 3.8) is 0 Å². The first-order valence-corrected chi connectivity index (χ1v) is 8.58. The van der Waals surface area contributed by atoms with Crippen LogP contribution in [-0.4, -0.2) is 31.8 Å². The Morgan fingerprint density at radius 2 is 1.44 bits per heavy atom. The average molecular weight is 323 g/mol. The van der Waals surface area contributed by atoms with Crippen LogP contribution in [0.4, 0.5) is 0 Å². The van der Waals surface area contributed by atoms with Crippen LogP contribution in [0.5, 0.6) is 0 Å². The van der Waals surface area contributed by atoms with Gasteiger partial charge in [-0.05, 0) is 19.3 Å². The molecule has 0 N–H and O–H groups in total. The molecule has 0 amide bonds. The van der Waals surface area contributed by atoms with E-state index < -0.39 is 0 Å². The molecule has 0 aliphatic carbocycles. The number of hydrogen-bond donors (Lipinski definition) is 0. The van der Waals surface area contributed by atoms with E-state index in [0.717, 1.165) is 38.2 Å². The second-order valence-corrected chi connectivity index (χ2v) is 5.71. The van der Waals surface area contributed by atoms with Gasteiger partial charge in [0.2, 0.25) is 0 Å². The van der Waals surface area contributed by atoms with Gasteiger partial charge >= 0.3 is 0 Å². The van der Waals surface area contributed by atoms with E-state index in [-0.39, 0.29) is 0 Å². The van der Waals surface area contributed by atoms with Gasteiger partial charge < -0.3 is 9.47 Å². The molecule has 0 fully saturated rings. The molecule has 0 heterocycles. The van der Waals surface area contributed by atoms with Crippen molar-refractivity contribution in [2.45, 2.75) is 59.3 Å². The fourth-order valence-electron chi connectivity index (χ4n) is 2.26. The molecule has 3 heteroatoms. The van der Waals surface area contributed by atoms with Crippen LogP contribution >= 0.6 is 15.9 Å². The van der Waals surface area contributed by atoms with Crippen molar-refractivity contribution in [3.05, 3.63) is 0 Å². The molecule has 0 rings (SSSR count). The monoisotopic (exact) mass is 322 g/mol. The van der Waals surface area contributed by atoms with E-state index in [1.54, 1.807) is 0 Å². The molecule has 0 saturated carbocycles. The Bertz CT molecular complexity index is 168. The normalized spacial score (nSPS) is 12.0. The predicted octanol–water partition coefficient (Wildman–Crippen LogP) is 4.80. The molecule has 0 bridgehead atoms. The van der Waals surface area contributed by atoms with E-state index in [0.29, 0.717) is 5.41 Å². The molecule has 0 saturated heterocycles. The van der Waals surface area contributed by atoms with Crippen molar-refractivity contribution in [1.82, 2.24) is 0 Å². The Balaban J connectivity index is 3.75. The van der Waals surface area contributed by atoms with E-state index in [1.165, 1.54) is 32.1 Å². The zero-order chi connectivity index (χ0) is 13.7. The Morgan fingerprint density at radius 1 is 0.833 bits per heavy atom. The molecule has 0 aromatic carbocycles. The highest BCUT2D eigenvalue weighted by Gasteiger charge is 2.27. The lowest BCUT2D eigenvalue weighted by Gasteiger charge is -2.31. The Labute approximate surface area is 122 Å². The molecular formula is C15H31BrO2. The highest BCUT2D eigenvalue weighted by Crippen LogP contribution is 2.32. The number of ether oxygens (including phenoxy) is 2. The molecule has 18 heavy (non-hydrogen) atoms. The van der Waals surface area contributed by atoms with Gasteiger partial charge in [-0.2, -0.15) is 0 Å². The lowest BCUT2D eigenvalue weighted by molar-refractivity contribution is 0.00540. The highest BCUT2D eigenvalue weighted by molar-refractivity contribution is 9.09. The molecule has 2 nitrogen and oxygen atoms in total. The lowest BCUT2D eigenvalue weighted by atomic mass is 9.82. The van der Waals surface area contributed by atoms with Crippen LogP contribution in [0.1, 0.15) is 59.3 Å². The summed E-state index contributed by atoms with van der Waals surface area (Å²) in [6, 6.07) is 0. The van der Waals surface area contributed by atoms with Gasteiger partial charge in [0.25, 0.3) is 0 Å². The van der Waals surface area contributed by atoms with Crippen LogP contribution in [0, 0.1) is 5.41 Å². The summed E-state index contributed by atoms with van der Waals surface area (Å²) in [6.45, 7) is 9.87. The Morgan fingerprint density at radius 3 is 1.94 bits per heavy atom. The van der Waals surface area contributed by atoms with Gasteiger partial charge in [-0.25, -0.2) is 0 Å². The molecule has 0 spiro atoms. The smallest absolute Gasteiger partial charge is 0.0700 e. The van der Waals surface area contributed by atoms with Gasteiger partial charge in [-0.15, -0.1) is 0 Å². The maximum Gasteiger partial charge on any atom is 0.0700 e. The second kappa shape index (κ2) is 12.4. The molecular weight excluding hydrogens is 292 g/mol. The Kier molecular flexibility index (Phi) is 12.7. The van der Waals surface area contributed by atoms with Crippen molar-refractivity contribution in [3.8, 4) is 0 Å². The maximum atomic E-state index is 5.82. The van der Waals surface area contributed by atoms with Gasteiger partial charge in [0, 0.05) is 17.4 Å². The van der Waals surface area contributed by atoms with Gasteiger partial charge in [0.15, 0.2) is 0 Å². The van der Waals surface area contributed by atoms with Crippen molar-refractivity contribution in [1.29, 1.82) is 0 Å². The van der Waals surface area contributed by atoms with Crippen molar-refractivity contribution in [2.24, 2.45) is 5.41 Å². The van der Waals surface area contributed by atoms with E-state index in [4.69, 9.17) is 9.47 Å². The summed E-state index contributed by atoms with van der Waals surface area (Å²) in [5.74, 6) is 0. The molecule has 0 aromatic rings. The SMILES string of the molecule is CCCCOCCOCC(CBr)(CCC)CCC. The summed E-state index contributed by atoms with van der Waals surface area (Å²) in [5.41, 5.74) is 0.326. The van der Waals surface area contributed by atoms with E-state index in [2.05, 4.69) is 36.7 Å². The van der Waals surface area contributed by atoms with Crippen LogP contribution in [0.15, 0.2) is 0 Å². The minimum absolute atomic E-state index is 0.326. The molecule has 0 radical (unpaired) electrons. The number of alkyl halides is 1. The van der Waals surface area contributed by atoms with Gasteiger partial charge in [0.1, 0.15) is 0 Å². The van der Waals surface area contributed by atoms with Gasteiger partial charge in [-0.3, -0.25) is 0 Å². The number of halogens is 1. The lowest BCUT2D eigenvalue weighted by Crippen LogP contribution is -2.29. The van der Waals surface area contributed by atoms with Crippen LogP contribution in [0.25, 0.3) is 0 Å². The summed E-state index contributed by atoms with van der Waals surface area (Å²) in [7, 11) is 0. The second-order valence-electron chi connectivity index (χ2n) is 5.15. The Hall–Kier alpha value is 0.400. The topological polar surface area (TPSA) is 18.5 Å². The fourth-order valence-corrected chi connectivity index (χ4v) is 2.98. The minimum atomic E-state index is 0.326. The largest absolute Gasteiger partial charge is 0.379 e. The zero-order valence-corrected chi connectivity index (χ0v) is 14.1. The van der Waals surface area contributed by atoms with Crippen LogP contribution < -0.4 is 0 Å². The fraction of sp³-hybridized carbons (Fsp3) is 1.00. The molecule has 0 aromatic heterocycles. The van der Waals surface area contributed by atoms with E-state index in [1.807, 2.05) is 0 Å². The molecule has 0 aliphatic heterocycles. The van der Waals surface area contributed by atoms with Crippen LogP contribution in [0.2, 0.25) is 0 Å². The summed E-state index contributed by atoms with van der Waals surface area (Å²) in [5, 5.41) is 1.04. The first-order chi connectivity index (χ1) is 8.74. The van der Waals surface area contributed by atoms with E-state index >= 15 is 0 Å². The number of unbranched alkanes of at least 4 members (excludes halogenated alkanes) is 1. The summed E-state index contributed by atoms with van der Waals surface area (Å²) in [4.78, 5) is 0. The van der Waals surface area contributed by atoms with Crippen molar-refractivity contribution in [2.75, 3.05) is 31.8 Å². The van der Waals surface area contributed by atoms with E-state index in [9.17, 15) is 0 Å². The standard InChI is InChI=1S/C15H31BrO2/c1-4-7-10-17-11-12-18-14-15(13-16,8-5-2)9-6-3/h4-14H2,1-3H3. The third-order valence-corrected chi connectivity index (χ3v) is 4.46. The highest BCUT2D eigenvalue weighted by atomic mass is 79.9. The van der Waals surface area contributed by atoms with Gasteiger partial charge in [-0.1, -0.05) is 56.0 Å². The molecule has 0 atom stereocenters. The molecule has 110 valence electrons. The predicted molar refractivity (Wildman–Crippen MR) is 82.6 cm³/mol. The zero-order valence-electron chi connectivity index (χ0n) is 12.5. The number of hydrogen-bond acceptors (Lipinski definition) is 2. The molecule has 0 aliphatic rings. The third kappa shape index (κ3) is 8.49.